The molecule has 0 N–H and O–H groups in total. The first kappa shape index (κ1) is 11.7. The quantitative estimate of drug-likeness (QED) is 0.781. The predicted octanol–water partition coefficient (Wildman–Crippen LogP) is 1.97. The second-order valence-electron chi connectivity index (χ2n) is 3.42. The van der Waals surface area contributed by atoms with Crippen molar-refractivity contribution in [1.29, 1.82) is 0 Å². The van der Waals surface area contributed by atoms with E-state index in [1.807, 2.05) is 36.4 Å². The zero-order valence-corrected chi connectivity index (χ0v) is 11.9. The molecule has 2 heterocycles. The molecule has 0 saturated carbocycles. The van der Waals surface area contributed by atoms with Crippen molar-refractivity contribution in [1.82, 2.24) is 14.5 Å². The normalized spacial score (nSPS) is 10.7. The van der Waals surface area contributed by atoms with E-state index in [0.29, 0.717) is 10.1 Å². The Hall–Kier alpha value is -0.760. The lowest BCUT2D eigenvalue weighted by Crippen LogP contribution is -2.24. The van der Waals surface area contributed by atoms with E-state index in [1.54, 1.807) is 28.4 Å². The van der Waals surface area contributed by atoms with Gasteiger partial charge in [-0.3, -0.25) is 9.36 Å². The second-order valence-corrected chi connectivity index (χ2v) is 5.82. The minimum atomic E-state index is 0.0131. The molecule has 2 aromatic rings. The lowest BCUT2D eigenvalue weighted by Gasteiger charge is -2.04. The average molecular weight is 347 g/mol. The monoisotopic (exact) mass is 347 g/mol. The maximum absolute atomic E-state index is 11.9. The van der Waals surface area contributed by atoms with Crippen LogP contribution in [0.25, 0.3) is 0 Å². The van der Waals surface area contributed by atoms with Gasteiger partial charge in [0, 0.05) is 11.1 Å². The third-order valence-corrected chi connectivity index (χ3v) is 4.29. The summed E-state index contributed by atoms with van der Waals surface area (Å²) >= 11 is 3.63. The van der Waals surface area contributed by atoms with Gasteiger partial charge in [0.05, 0.1) is 27.1 Å². The highest BCUT2D eigenvalue weighted by molar-refractivity contribution is 14.1. The van der Waals surface area contributed by atoms with Gasteiger partial charge in [0.15, 0.2) is 0 Å². The van der Waals surface area contributed by atoms with Gasteiger partial charge in [0.2, 0.25) is 0 Å². The fourth-order valence-corrected chi connectivity index (χ4v) is 2.55. The first-order valence-electron chi connectivity index (χ1n) is 4.71. The lowest BCUT2D eigenvalue weighted by atomic mass is 10.4. The van der Waals surface area contributed by atoms with Crippen LogP contribution in [0.1, 0.15) is 15.6 Å². The summed E-state index contributed by atoms with van der Waals surface area (Å²) in [6, 6.07) is 0. The molecule has 0 saturated heterocycles. The Bertz CT molecular complexity index is 576. The Morgan fingerprint density at radius 1 is 1.44 bits per heavy atom. The van der Waals surface area contributed by atoms with Gasteiger partial charge in [-0.05, 0) is 36.4 Å². The van der Waals surface area contributed by atoms with E-state index in [9.17, 15) is 4.79 Å². The van der Waals surface area contributed by atoms with Crippen molar-refractivity contribution in [2.75, 3.05) is 0 Å². The van der Waals surface area contributed by atoms with Crippen LogP contribution in [-0.4, -0.2) is 14.5 Å². The molecule has 2 aromatic heterocycles. The first-order valence-corrected chi connectivity index (χ1v) is 6.60. The fourth-order valence-electron chi connectivity index (χ4n) is 1.31. The highest BCUT2D eigenvalue weighted by Crippen LogP contribution is 2.12. The zero-order chi connectivity index (χ0) is 11.7. The van der Waals surface area contributed by atoms with Gasteiger partial charge in [0.1, 0.15) is 0 Å². The van der Waals surface area contributed by atoms with Crippen molar-refractivity contribution in [2.45, 2.75) is 20.4 Å². The Morgan fingerprint density at radius 3 is 2.81 bits per heavy atom. The molecule has 0 spiro atoms. The summed E-state index contributed by atoms with van der Waals surface area (Å²) in [5, 5.41) is 1.01. The van der Waals surface area contributed by atoms with Crippen LogP contribution in [0.4, 0.5) is 0 Å². The van der Waals surface area contributed by atoms with Crippen molar-refractivity contribution in [3.8, 4) is 0 Å². The maximum Gasteiger partial charge on any atom is 0.267 e. The average Bonchev–Trinajstić information content (AvgIpc) is 2.65. The molecule has 0 radical (unpaired) electrons. The Kier molecular flexibility index (Phi) is 3.38. The Morgan fingerprint density at radius 2 is 2.19 bits per heavy atom. The van der Waals surface area contributed by atoms with E-state index < -0.39 is 0 Å². The molecule has 0 aromatic carbocycles. The van der Waals surface area contributed by atoms with Crippen LogP contribution in [-0.2, 0) is 6.54 Å². The summed E-state index contributed by atoms with van der Waals surface area (Å²) in [6.07, 6.45) is 3.40. The van der Waals surface area contributed by atoms with Crippen LogP contribution < -0.4 is 5.56 Å². The number of hydrogen-bond donors (Lipinski definition) is 0. The summed E-state index contributed by atoms with van der Waals surface area (Å²) in [4.78, 5) is 21.3. The van der Waals surface area contributed by atoms with Crippen molar-refractivity contribution >= 4 is 33.9 Å². The molecule has 0 aliphatic rings. The van der Waals surface area contributed by atoms with Gasteiger partial charge in [-0.1, -0.05) is 0 Å². The van der Waals surface area contributed by atoms with Gasteiger partial charge in [-0.2, -0.15) is 0 Å². The Balaban J connectivity index is 2.36. The zero-order valence-electron chi connectivity index (χ0n) is 8.90. The van der Waals surface area contributed by atoms with Crippen LogP contribution in [0.2, 0.25) is 0 Å². The second kappa shape index (κ2) is 4.62. The number of aromatic nitrogens is 3. The van der Waals surface area contributed by atoms with Crippen molar-refractivity contribution in [3.05, 3.63) is 42.0 Å². The Labute approximate surface area is 111 Å². The minimum Gasteiger partial charge on any atom is -0.293 e. The van der Waals surface area contributed by atoms with Crippen molar-refractivity contribution in [2.24, 2.45) is 0 Å². The number of halogens is 1. The first-order chi connectivity index (χ1) is 7.58. The standard InChI is InChI=1S/C10H10IN3OS/c1-6-9(11)10(15)14(5-13-6)4-8-3-12-7(2)16-8/h3,5H,4H2,1-2H3. The van der Waals surface area contributed by atoms with Crippen LogP contribution in [0.5, 0.6) is 0 Å². The molecule has 4 nitrogen and oxygen atoms in total. The van der Waals surface area contributed by atoms with Gasteiger partial charge in [-0.25, -0.2) is 9.97 Å². The molecule has 0 atom stereocenters. The summed E-state index contributed by atoms with van der Waals surface area (Å²) < 4.78 is 2.29. The number of rotatable bonds is 2. The summed E-state index contributed by atoms with van der Waals surface area (Å²) in [5.41, 5.74) is 0.793. The van der Waals surface area contributed by atoms with E-state index in [4.69, 9.17) is 0 Å². The van der Waals surface area contributed by atoms with Gasteiger partial charge >= 0.3 is 0 Å². The smallest absolute Gasteiger partial charge is 0.267 e. The summed E-state index contributed by atoms with van der Waals surface area (Å²) in [6.45, 7) is 4.34. The van der Waals surface area contributed by atoms with E-state index in [-0.39, 0.29) is 5.56 Å². The minimum absolute atomic E-state index is 0.0131. The molecule has 6 heteroatoms. The van der Waals surface area contributed by atoms with Crippen LogP contribution in [0, 0.1) is 17.4 Å². The number of aryl methyl sites for hydroxylation is 2. The fraction of sp³-hybridized carbons (Fsp3) is 0.300. The largest absolute Gasteiger partial charge is 0.293 e. The lowest BCUT2D eigenvalue weighted by molar-refractivity contribution is 0.731. The van der Waals surface area contributed by atoms with Gasteiger partial charge in [0.25, 0.3) is 5.56 Å². The SMILES string of the molecule is Cc1ncc(Cn2cnc(C)c(I)c2=O)s1. The van der Waals surface area contributed by atoms with E-state index in [1.165, 1.54) is 0 Å². The van der Waals surface area contributed by atoms with Gasteiger partial charge < -0.3 is 0 Å². The maximum atomic E-state index is 11.9. The molecule has 0 amide bonds. The molecule has 16 heavy (non-hydrogen) atoms. The predicted molar refractivity (Wildman–Crippen MR) is 71.9 cm³/mol. The molecule has 84 valence electrons. The summed E-state index contributed by atoms with van der Waals surface area (Å²) in [7, 11) is 0. The summed E-state index contributed by atoms with van der Waals surface area (Å²) in [5.74, 6) is 0. The van der Waals surface area contributed by atoms with E-state index >= 15 is 0 Å². The third-order valence-electron chi connectivity index (χ3n) is 2.15. The third kappa shape index (κ3) is 2.32. The van der Waals surface area contributed by atoms with Crippen molar-refractivity contribution < 1.29 is 0 Å². The number of thiazole rings is 1. The molecule has 0 unspecified atom stereocenters. The number of nitrogens with zero attached hydrogens (tertiary/aromatic N) is 3. The molecule has 0 fully saturated rings. The highest BCUT2D eigenvalue weighted by Gasteiger charge is 2.06. The molecular formula is C10H10IN3OS. The van der Waals surface area contributed by atoms with Crippen LogP contribution in [0.3, 0.4) is 0 Å². The molecule has 0 bridgehead atoms. The van der Waals surface area contributed by atoms with Gasteiger partial charge in [-0.15, -0.1) is 11.3 Å². The topological polar surface area (TPSA) is 47.8 Å². The van der Waals surface area contributed by atoms with E-state index in [0.717, 1.165) is 15.6 Å². The number of hydrogen-bond acceptors (Lipinski definition) is 4. The molecule has 2 rings (SSSR count). The molecule has 0 aliphatic heterocycles. The van der Waals surface area contributed by atoms with E-state index in [2.05, 4.69) is 9.97 Å². The molecular weight excluding hydrogens is 337 g/mol. The van der Waals surface area contributed by atoms with Crippen LogP contribution >= 0.6 is 33.9 Å². The van der Waals surface area contributed by atoms with Crippen LogP contribution in [0.15, 0.2) is 17.3 Å². The molecule has 0 aliphatic carbocycles. The highest BCUT2D eigenvalue weighted by atomic mass is 127. The van der Waals surface area contributed by atoms with Crippen molar-refractivity contribution in [3.63, 3.8) is 0 Å².